The lowest BCUT2D eigenvalue weighted by molar-refractivity contribution is 0.160. The quantitative estimate of drug-likeness (QED) is 0.337. The summed E-state index contributed by atoms with van der Waals surface area (Å²) in [5, 5.41) is 2.42. The molecule has 1 aromatic heterocycles. The molecule has 0 unspecified atom stereocenters. The molecule has 0 radical (unpaired) electrons. The van der Waals surface area contributed by atoms with Gasteiger partial charge in [0.15, 0.2) is 0 Å². The number of thioether (sulfide) groups is 1. The molecule has 0 saturated heterocycles. The standard InChI is InChI=1S/C23H27NO2SSi/c1-4-27-23-14-13-22(16-24-23)28(2,3)18-25-17-19-9-8-12-21(15-19)26-20-10-6-5-7-11-20/h5-16H,4,17-18H2,1-3H3. The molecule has 1 heterocycles. The van der Waals surface area contributed by atoms with Gasteiger partial charge < -0.3 is 9.47 Å². The molecular formula is C23H27NO2SSi. The van der Waals surface area contributed by atoms with Crippen molar-refractivity contribution in [3.05, 3.63) is 78.5 Å². The van der Waals surface area contributed by atoms with Gasteiger partial charge in [0.2, 0.25) is 0 Å². The molecule has 0 fully saturated rings. The topological polar surface area (TPSA) is 31.4 Å². The van der Waals surface area contributed by atoms with E-state index in [1.807, 2.05) is 54.7 Å². The molecule has 0 amide bonds. The Morgan fingerprint density at radius 2 is 1.71 bits per heavy atom. The van der Waals surface area contributed by atoms with Crippen molar-refractivity contribution in [2.24, 2.45) is 0 Å². The largest absolute Gasteiger partial charge is 0.457 e. The molecule has 0 atom stereocenters. The summed E-state index contributed by atoms with van der Waals surface area (Å²) in [5.74, 6) is 2.71. The van der Waals surface area contributed by atoms with Crippen molar-refractivity contribution in [3.8, 4) is 11.5 Å². The molecule has 0 aliphatic rings. The van der Waals surface area contributed by atoms with Crippen LogP contribution in [0.2, 0.25) is 13.1 Å². The maximum Gasteiger partial charge on any atom is 0.127 e. The zero-order chi connectivity index (χ0) is 19.8. The smallest absolute Gasteiger partial charge is 0.127 e. The average Bonchev–Trinajstić information content (AvgIpc) is 2.70. The fourth-order valence-electron chi connectivity index (χ4n) is 2.84. The van der Waals surface area contributed by atoms with Crippen molar-refractivity contribution in [3.63, 3.8) is 0 Å². The number of hydrogen-bond acceptors (Lipinski definition) is 4. The molecule has 0 bridgehead atoms. The van der Waals surface area contributed by atoms with E-state index in [9.17, 15) is 0 Å². The first-order chi connectivity index (χ1) is 13.6. The van der Waals surface area contributed by atoms with Crippen LogP contribution in [0.5, 0.6) is 11.5 Å². The lowest BCUT2D eigenvalue weighted by Crippen LogP contribution is -2.46. The number of rotatable bonds is 9. The zero-order valence-electron chi connectivity index (χ0n) is 16.7. The predicted molar refractivity (Wildman–Crippen MR) is 120 cm³/mol. The van der Waals surface area contributed by atoms with E-state index in [0.29, 0.717) is 6.61 Å². The van der Waals surface area contributed by atoms with E-state index < -0.39 is 8.07 Å². The Balaban J connectivity index is 1.55. The lowest BCUT2D eigenvalue weighted by Gasteiger charge is -2.22. The molecule has 0 spiro atoms. The van der Waals surface area contributed by atoms with Crippen LogP contribution in [0.3, 0.4) is 0 Å². The van der Waals surface area contributed by atoms with Gasteiger partial charge in [0.25, 0.3) is 0 Å². The lowest BCUT2D eigenvalue weighted by atomic mass is 10.2. The van der Waals surface area contributed by atoms with Crippen LogP contribution in [0.15, 0.2) is 78.0 Å². The van der Waals surface area contributed by atoms with Gasteiger partial charge in [-0.25, -0.2) is 0 Å². The highest BCUT2D eigenvalue weighted by molar-refractivity contribution is 7.99. The van der Waals surface area contributed by atoms with Gasteiger partial charge in [-0.05, 0) is 46.8 Å². The Morgan fingerprint density at radius 3 is 2.43 bits per heavy atom. The molecule has 5 heteroatoms. The van der Waals surface area contributed by atoms with Crippen LogP contribution in [-0.2, 0) is 11.3 Å². The second-order valence-electron chi connectivity index (χ2n) is 7.26. The first-order valence-corrected chi connectivity index (χ1v) is 13.7. The molecule has 0 saturated carbocycles. The highest BCUT2D eigenvalue weighted by atomic mass is 32.2. The van der Waals surface area contributed by atoms with Gasteiger partial charge >= 0.3 is 0 Å². The summed E-state index contributed by atoms with van der Waals surface area (Å²) in [5.41, 5.74) is 1.12. The van der Waals surface area contributed by atoms with Crippen molar-refractivity contribution in [2.45, 2.75) is 31.7 Å². The summed E-state index contributed by atoms with van der Waals surface area (Å²) in [6.07, 6.45) is 2.79. The summed E-state index contributed by atoms with van der Waals surface area (Å²) < 4.78 is 12.0. The van der Waals surface area contributed by atoms with E-state index in [4.69, 9.17) is 9.47 Å². The number of hydrogen-bond donors (Lipinski definition) is 0. The van der Waals surface area contributed by atoms with Crippen LogP contribution in [0.25, 0.3) is 0 Å². The first-order valence-electron chi connectivity index (χ1n) is 9.56. The van der Waals surface area contributed by atoms with Crippen LogP contribution in [0, 0.1) is 0 Å². The minimum atomic E-state index is -1.68. The van der Waals surface area contributed by atoms with Gasteiger partial charge in [0, 0.05) is 12.4 Å². The Labute approximate surface area is 173 Å². The normalized spacial score (nSPS) is 11.4. The van der Waals surface area contributed by atoms with Crippen LogP contribution in [-0.4, -0.2) is 25.0 Å². The van der Waals surface area contributed by atoms with Crippen molar-refractivity contribution in [1.29, 1.82) is 0 Å². The summed E-state index contributed by atoms with van der Waals surface area (Å²) in [6.45, 7) is 7.38. The number of benzene rings is 2. The molecule has 3 nitrogen and oxygen atoms in total. The van der Waals surface area contributed by atoms with E-state index in [1.165, 1.54) is 5.19 Å². The van der Waals surface area contributed by atoms with E-state index in [-0.39, 0.29) is 0 Å². The van der Waals surface area contributed by atoms with E-state index in [0.717, 1.165) is 34.1 Å². The van der Waals surface area contributed by atoms with Gasteiger partial charge in [-0.3, -0.25) is 4.98 Å². The molecule has 3 aromatic rings. The second-order valence-corrected chi connectivity index (χ2v) is 13.2. The van der Waals surface area contributed by atoms with Gasteiger partial charge in [-0.1, -0.05) is 56.4 Å². The highest BCUT2D eigenvalue weighted by Gasteiger charge is 2.24. The molecular weight excluding hydrogens is 382 g/mol. The van der Waals surface area contributed by atoms with Crippen molar-refractivity contribution < 1.29 is 9.47 Å². The number of nitrogens with zero attached hydrogens (tertiary/aromatic N) is 1. The predicted octanol–water partition coefficient (Wildman–Crippen LogP) is 5.66. The van der Waals surface area contributed by atoms with E-state index in [2.05, 4.69) is 43.2 Å². The third kappa shape index (κ3) is 5.96. The van der Waals surface area contributed by atoms with Crippen LogP contribution < -0.4 is 9.92 Å². The summed E-state index contributed by atoms with van der Waals surface area (Å²) in [4.78, 5) is 4.58. The maximum absolute atomic E-state index is 6.10. The van der Waals surface area contributed by atoms with Crippen molar-refractivity contribution >= 4 is 25.0 Å². The molecule has 0 N–H and O–H groups in total. The van der Waals surface area contributed by atoms with Gasteiger partial charge in [0.05, 0.1) is 11.6 Å². The van der Waals surface area contributed by atoms with Crippen molar-refractivity contribution in [1.82, 2.24) is 4.98 Å². The van der Waals surface area contributed by atoms with Crippen LogP contribution in [0.1, 0.15) is 12.5 Å². The van der Waals surface area contributed by atoms with Crippen molar-refractivity contribution in [2.75, 3.05) is 12.0 Å². The monoisotopic (exact) mass is 409 g/mol. The Kier molecular flexibility index (Phi) is 7.31. The van der Waals surface area contributed by atoms with E-state index in [1.54, 1.807) is 11.8 Å². The molecule has 0 aliphatic heterocycles. The highest BCUT2D eigenvalue weighted by Crippen LogP contribution is 2.22. The summed E-state index contributed by atoms with van der Waals surface area (Å²) >= 11 is 1.77. The van der Waals surface area contributed by atoms with Gasteiger partial charge in [-0.15, -0.1) is 11.8 Å². The summed E-state index contributed by atoms with van der Waals surface area (Å²) in [6, 6.07) is 22.3. The molecule has 146 valence electrons. The van der Waals surface area contributed by atoms with Gasteiger partial charge in [-0.2, -0.15) is 0 Å². The minimum Gasteiger partial charge on any atom is -0.457 e. The molecule has 3 rings (SSSR count). The Morgan fingerprint density at radius 1 is 0.929 bits per heavy atom. The SMILES string of the molecule is CCSc1ccc([Si](C)(C)COCc2cccc(Oc3ccccc3)c2)cn1. The molecule has 2 aromatic carbocycles. The minimum absolute atomic E-state index is 0.583. The number of aromatic nitrogens is 1. The number of pyridine rings is 1. The Hall–Kier alpha value is -2.08. The third-order valence-corrected chi connectivity index (χ3v) is 8.03. The van der Waals surface area contributed by atoms with Crippen LogP contribution >= 0.6 is 11.8 Å². The van der Waals surface area contributed by atoms with Gasteiger partial charge in [0.1, 0.15) is 19.6 Å². The fourth-order valence-corrected chi connectivity index (χ4v) is 5.16. The Bertz CT molecular complexity index is 869. The second kappa shape index (κ2) is 9.91. The number of para-hydroxylation sites is 1. The zero-order valence-corrected chi connectivity index (χ0v) is 18.5. The third-order valence-electron chi connectivity index (χ3n) is 4.42. The van der Waals surface area contributed by atoms with Crippen LogP contribution in [0.4, 0.5) is 0 Å². The maximum atomic E-state index is 6.10. The van der Waals surface area contributed by atoms with E-state index >= 15 is 0 Å². The first kappa shape index (κ1) is 20.6. The number of ether oxygens (including phenoxy) is 2. The molecule has 0 aliphatic carbocycles. The summed E-state index contributed by atoms with van der Waals surface area (Å²) in [7, 11) is -1.68. The fraction of sp³-hybridized carbons (Fsp3) is 0.261. The average molecular weight is 410 g/mol. The molecule has 28 heavy (non-hydrogen) atoms.